The van der Waals surface area contributed by atoms with Gasteiger partial charge in [0, 0.05) is 12.1 Å². The van der Waals surface area contributed by atoms with E-state index in [1.54, 1.807) is 12.1 Å². The molecule has 0 aromatic heterocycles. The van der Waals surface area contributed by atoms with Crippen LogP contribution in [0.15, 0.2) is 60.7 Å². The lowest BCUT2D eigenvalue weighted by molar-refractivity contribution is -0.384. The standard InChI is InChI=1S/C24H18N2O6/c1-14-6-9-21(15(2)10-14)25-22(27)19-8-7-17(12-20(19)23(25)28)24(29)32-13-16-4-3-5-18(11-16)26(30)31/h3-12H,13H2,1-2H3. The zero-order valence-electron chi connectivity index (χ0n) is 17.3. The summed E-state index contributed by atoms with van der Waals surface area (Å²) in [5.41, 5.74) is 3.10. The van der Waals surface area contributed by atoms with Gasteiger partial charge in [-0.3, -0.25) is 19.7 Å². The lowest BCUT2D eigenvalue weighted by Gasteiger charge is -2.16. The van der Waals surface area contributed by atoms with E-state index in [9.17, 15) is 24.5 Å². The topological polar surface area (TPSA) is 107 Å². The highest BCUT2D eigenvalue weighted by Gasteiger charge is 2.37. The quantitative estimate of drug-likeness (QED) is 0.257. The van der Waals surface area contributed by atoms with E-state index in [2.05, 4.69) is 0 Å². The Morgan fingerprint density at radius 2 is 1.72 bits per heavy atom. The highest BCUT2D eigenvalue weighted by molar-refractivity contribution is 6.34. The maximum absolute atomic E-state index is 13.0. The first-order valence-corrected chi connectivity index (χ1v) is 9.77. The smallest absolute Gasteiger partial charge is 0.338 e. The van der Waals surface area contributed by atoms with Gasteiger partial charge in [-0.15, -0.1) is 0 Å². The maximum atomic E-state index is 13.0. The van der Waals surface area contributed by atoms with E-state index >= 15 is 0 Å². The molecule has 8 heteroatoms. The zero-order chi connectivity index (χ0) is 23.0. The van der Waals surface area contributed by atoms with Crippen molar-refractivity contribution in [1.29, 1.82) is 0 Å². The van der Waals surface area contributed by atoms with Crippen LogP contribution in [0.2, 0.25) is 0 Å². The van der Waals surface area contributed by atoms with Crippen molar-refractivity contribution >= 4 is 29.2 Å². The van der Waals surface area contributed by atoms with Crippen LogP contribution >= 0.6 is 0 Å². The normalized spacial score (nSPS) is 12.6. The van der Waals surface area contributed by atoms with Crippen molar-refractivity contribution in [2.24, 2.45) is 0 Å². The molecule has 0 atom stereocenters. The molecule has 0 spiro atoms. The summed E-state index contributed by atoms with van der Waals surface area (Å²) >= 11 is 0. The third kappa shape index (κ3) is 3.74. The molecule has 2 amide bonds. The number of ether oxygens (including phenoxy) is 1. The maximum Gasteiger partial charge on any atom is 0.338 e. The summed E-state index contributed by atoms with van der Waals surface area (Å²) in [4.78, 5) is 49.8. The van der Waals surface area contributed by atoms with Crippen molar-refractivity contribution in [2.75, 3.05) is 4.90 Å². The number of hydrogen-bond donors (Lipinski definition) is 0. The van der Waals surface area contributed by atoms with Crippen molar-refractivity contribution in [1.82, 2.24) is 0 Å². The largest absolute Gasteiger partial charge is 0.457 e. The number of aryl methyl sites for hydroxylation is 2. The molecule has 0 saturated heterocycles. The second kappa shape index (κ2) is 8.07. The number of esters is 1. The van der Waals surface area contributed by atoms with Gasteiger partial charge < -0.3 is 4.74 Å². The van der Waals surface area contributed by atoms with Crippen LogP contribution in [0.5, 0.6) is 0 Å². The van der Waals surface area contributed by atoms with E-state index in [-0.39, 0.29) is 29.0 Å². The Labute approximate surface area is 183 Å². The van der Waals surface area contributed by atoms with Crippen LogP contribution in [0.4, 0.5) is 11.4 Å². The molecule has 3 aromatic carbocycles. The number of carbonyl (C=O) groups is 3. The summed E-state index contributed by atoms with van der Waals surface area (Å²) in [5.74, 6) is -1.66. The van der Waals surface area contributed by atoms with Gasteiger partial charge in [-0.1, -0.05) is 29.8 Å². The summed E-state index contributed by atoms with van der Waals surface area (Å²) in [7, 11) is 0. The molecule has 4 rings (SSSR count). The molecular weight excluding hydrogens is 412 g/mol. The van der Waals surface area contributed by atoms with Gasteiger partial charge in [0.25, 0.3) is 17.5 Å². The molecule has 1 aliphatic rings. The summed E-state index contributed by atoms with van der Waals surface area (Å²) < 4.78 is 5.24. The molecule has 3 aromatic rings. The Kier molecular flexibility index (Phi) is 5.28. The van der Waals surface area contributed by atoms with Gasteiger partial charge in [-0.2, -0.15) is 0 Å². The fraction of sp³-hybridized carbons (Fsp3) is 0.125. The number of hydrogen-bond acceptors (Lipinski definition) is 6. The van der Waals surface area contributed by atoms with Crippen LogP contribution in [0.3, 0.4) is 0 Å². The molecule has 0 radical (unpaired) electrons. The van der Waals surface area contributed by atoms with Crippen LogP contribution in [0.25, 0.3) is 0 Å². The number of carbonyl (C=O) groups excluding carboxylic acids is 3. The molecule has 0 N–H and O–H groups in total. The fourth-order valence-electron chi connectivity index (χ4n) is 3.63. The summed E-state index contributed by atoms with van der Waals surface area (Å²) in [6.07, 6.45) is 0. The molecule has 0 unspecified atom stereocenters. The Morgan fingerprint density at radius 3 is 2.44 bits per heavy atom. The van der Waals surface area contributed by atoms with Crippen molar-refractivity contribution in [3.05, 3.63) is 104 Å². The second-order valence-electron chi connectivity index (χ2n) is 7.50. The van der Waals surface area contributed by atoms with Gasteiger partial charge in [0.1, 0.15) is 6.61 Å². The number of amides is 2. The summed E-state index contributed by atoms with van der Waals surface area (Å²) in [6.45, 7) is 3.58. The molecule has 1 heterocycles. The third-order valence-electron chi connectivity index (χ3n) is 5.21. The minimum absolute atomic E-state index is 0.105. The van der Waals surface area contributed by atoms with Crippen LogP contribution < -0.4 is 4.90 Å². The molecule has 1 aliphatic heterocycles. The van der Waals surface area contributed by atoms with Crippen LogP contribution in [-0.2, 0) is 11.3 Å². The zero-order valence-corrected chi connectivity index (χ0v) is 17.3. The third-order valence-corrected chi connectivity index (χ3v) is 5.21. The minimum Gasteiger partial charge on any atom is -0.457 e. The fourth-order valence-corrected chi connectivity index (χ4v) is 3.63. The lowest BCUT2D eigenvalue weighted by atomic mass is 10.1. The number of rotatable bonds is 5. The van der Waals surface area contributed by atoms with Crippen molar-refractivity contribution in [2.45, 2.75) is 20.5 Å². The van der Waals surface area contributed by atoms with Crippen LogP contribution in [0.1, 0.15) is 47.8 Å². The van der Waals surface area contributed by atoms with Gasteiger partial charge in [0.2, 0.25) is 0 Å². The Hall–Kier alpha value is -4.33. The van der Waals surface area contributed by atoms with E-state index < -0.39 is 22.7 Å². The second-order valence-corrected chi connectivity index (χ2v) is 7.50. The van der Waals surface area contributed by atoms with Gasteiger partial charge in [-0.25, -0.2) is 9.69 Å². The van der Waals surface area contributed by atoms with Gasteiger partial charge in [0.15, 0.2) is 0 Å². The number of nitro groups is 1. The first kappa shape index (κ1) is 20.9. The number of benzene rings is 3. The van der Waals surface area contributed by atoms with Gasteiger partial charge >= 0.3 is 5.97 Å². The summed E-state index contributed by atoms with van der Waals surface area (Å²) in [5, 5.41) is 10.9. The van der Waals surface area contributed by atoms with E-state index in [4.69, 9.17) is 4.74 Å². The van der Waals surface area contributed by atoms with E-state index in [1.807, 2.05) is 26.0 Å². The molecule has 0 fully saturated rings. The molecule has 0 saturated carbocycles. The predicted octanol–water partition coefficient (Wildman–Crippen LogP) is 4.37. The molecule has 160 valence electrons. The number of nitro benzene ring substituents is 1. The average molecular weight is 430 g/mol. The highest BCUT2D eigenvalue weighted by atomic mass is 16.6. The number of fused-ring (bicyclic) bond motifs is 1. The van der Waals surface area contributed by atoms with Crippen LogP contribution in [-0.4, -0.2) is 22.7 Å². The SMILES string of the molecule is Cc1ccc(N2C(=O)c3ccc(C(=O)OCc4cccc([N+](=O)[O-])c4)cc3C2=O)c(C)c1. The Bertz CT molecular complexity index is 1300. The van der Waals surface area contributed by atoms with E-state index in [0.717, 1.165) is 16.0 Å². The van der Waals surface area contributed by atoms with Gasteiger partial charge in [-0.05, 0) is 49.2 Å². The van der Waals surface area contributed by atoms with Crippen LogP contribution in [0, 0.1) is 24.0 Å². The molecular formula is C24H18N2O6. The lowest BCUT2D eigenvalue weighted by Crippen LogP contribution is -2.30. The molecule has 0 aliphatic carbocycles. The predicted molar refractivity (Wildman–Crippen MR) is 116 cm³/mol. The molecule has 32 heavy (non-hydrogen) atoms. The molecule has 8 nitrogen and oxygen atoms in total. The van der Waals surface area contributed by atoms with Crippen molar-refractivity contribution in [3.8, 4) is 0 Å². The minimum atomic E-state index is -0.704. The number of nitrogens with zero attached hydrogens (tertiary/aromatic N) is 2. The Morgan fingerprint density at radius 1 is 0.969 bits per heavy atom. The monoisotopic (exact) mass is 430 g/mol. The first-order valence-electron chi connectivity index (χ1n) is 9.77. The van der Waals surface area contributed by atoms with E-state index in [0.29, 0.717) is 11.3 Å². The Balaban J connectivity index is 1.55. The van der Waals surface area contributed by atoms with E-state index in [1.165, 1.54) is 36.4 Å². The molecule has 0 bridgehead atoms. The number of anilines is 1. The highest BCUT2D eigenvalue weighted by Crippen LogP contribution is 2.31. The average Bonchev–Trinajstić information content (AvgIpc) is 3.02. The van der Waals surface area contributed by atoms with Gasteiger partial charge in [0.05, 0.1) is 27.3 Å². The van der Waals surface area contributed by atoms with Crippen molar-refractivity contribution in [3.63, 3.8) is 0 Å². The van der Waals surface area contributed by atoms with Crippen molar-refractivity contribution < 1.29 is 24.0 Å². The first-order chi connectivity index (χ1) is 15.3. The number of non-ortho nitro benzene ring substituents is 1. The number of imide groups is 1. The summed E-state index contributed by atoms with van der Waals surface area (Å²) in [6, 6.07) is 15.4.